The summed E-state index contributed by atoms with van der Waals surface area (Å²) in [5.41, 5.74) is 0. The lowest BCUT2D eigenvalue weighted by Crippen LogP contribution is -2.41. The molecule has 0 radical (unpaired) electrons. The number of rotatable bonds is 5. The summed E-state index contributed by atoms with van der Waals surface area (Å²) in [5.74, 6) is 2.67. The SMILES string of the molecule is CCC(C)NC(=NC)NCc1nc(-c2ccco2)n[nH]1.I. The molecule has 116 valence electrons. The molecule has 2 aromatic heterocycles. The molecule has 3 N–H and O–H groups in total. The van der Waals surface area contributed by atoms with Crippen LogP contribution in [0.4, 0.5) is 0 Å². The first-order valence-electron chi connectivity index (χ1n) is 6.65. The van der Waals surface area contributed by atoms with E-state index in [-0.39, 0.29) is 24.0 Å². The largest absolute Gasteiger partial charge is 0.461 e. The van der Waals surface area contributed by atoms with Gasteiger partial charge in [-0.2, -0.15) is 0 Å². The number of nitrogens with one attached hydrogen (secondary N) is 3. The number of aromatic amines is 1. The van der Waals surface area contributed by atoms with Gasteiger partial charge >= 0.3 is 0 Å². The lowest BCUT2D eigenvalue weighted by molar-refractivity contribution is 0.577. The topological polar surface area (TPSA) is 91.1 Å². The van der Waals surface area contributed by atoms with Crippen molar-refractivity contribution < 1.29 is 4.42 Å². The smallest absolute Gasteiger partial charge is 0.216 e. The van der Waals surface area contributed by atoms with Crippen LogP contribution in [0.2, 0.25) is 0 Å². The molecule has 8 heteroatoms. The molecule has 0 aromatic carbocycles. The zero-order valence-corrected chi connectivity index (χ0v) is 14.7. The molecular formula is C13H21IN6O. The monoisotopic (exact) mass is 404 g/mol. The minimum Gasteiger partial charge on any atom is -0.461 e. The second-order valence-corrected chi connectivity index (χ2v) is 4.46. The number of aromatic nitrogens is 3. The van der Waals surface area contributed by atoms with Crippen LogP contribution in [0.25, 0.3) is 11.6 Å². The molecular weight excluding hydrogens is 383 g/mol. The summed E-state index contributed by atoms with van der Waals surface area (Å²) < 4.78 is 5.25. The lowest BCUT2D eigenvalue weighted by atomic mass is 10.3. The maximum Gasteiger partial charge on any atom is 0.216 e. The summed E-state index contributed by atoms with van der Waals surface area (Å²) in [7, 11) is 1.74. The number of H-pyrrole nitrogens is 1. The van der Waals surface area contributed by atoms with Gasteiger partial charge in [-0.1, -0.05) is 6.92 Å². The Kier molecular flexibility index (Phi) is 7.20. The fraction of sp³-hybridized carbons (Fsp3) is 0.462. The summed E-state index contributed by atoms with van der Waals surface area (Å²) in [6, 6.07) is 4.00. The highest BCUT2D eigenvalue weighted by Gasteiger charge is 2.09. The third kappa shape index (κ3) is 5.03. The summed E-state index contributed by atoms with van der Waals surface area (Å²) in [4.78, 5) is 8.51. The molecule has 0 fully saturated rings. The molecule has 1 atom stereocenters. The van der Waals surface area contributed by atoms with Crippen LogP contribution >= 0.6 is 24.0 Å². The molecule has 7 nitrogen and oxygen atoms in total. The second kappa shape index (κ2) is 8.65. The van der Waals surface area contributed by atoms with Crippen molar-refractivity contribution in [2.24, 2.45) is 4.99 Å². The standard InChI is InChI=1S/C13H20N6O.HI/c1-4-9(2)16-13(14-3)15-8-11-17-12(19-18-11)10-6-5-7-20-10;/h5-7,9H,4,8H2,1-3H3,(H2,14,15,16)(H,17,18,19);1H. The van der Waals surface area contributed by atoms with E-state index in [9.17, 15) is 0 Å². The van der Waals surface area contributed by atoms with Gasteiger partial charge in [-0.3, -0.25) is 10.1 Å². The molecule has 0 aliphatic carbocycles. The third-order valence-corrected chi connectivity index (χ3v) is 2.92. The number of hydrogen-bond donors (Lipinski definition) is 3. The van der Waals surface area contributed by atoms with Gasteiger partial charge in [0.2, 0.25) is 5.82 Å². The highest BCUT2D eigenvalue weighted by Crippen LogP contribution is 2.14. The maximum atomic E-state index is 5.25. The number of hydrogen-bond acceptors (Lipinski definition) is 4. The van der Waals surface area contributed by atoms with Gasteiger partial charge in [0.15, 0.2) is 11.7 Å². The van der Waals surface area contributed by atoms with Gasteiger partial charge in [-0.05, 0) is 25.5 Å². The van der Waals surface area contributed by atoms with Gasteiger partial charge in [-0.15, -0.1) is 29.1 Å². The van der Waals surface area contributed by atoms with Crippen molar-refractivity contribution in [1.82, 2.24) is 25.8 Å². The van der Waals surface area contributed by atoms with Gasteiger partial charge in [0, 0.05) is 13.1 Å². The average molecular weight is 404 g/mol. The highest BCUT2D eigenvalue weighted by molar-refractivity contribution is 14.0. The Morgan fingerprint density at radius 3 is 2.95 bits per heavy atom. The number of aliphatic imine (C=N–C) groups is 1. The van der Waals surface area contributed by atoms with Gasteiger partial charge in [-0.25, -0.2) is 4.98 Å². The molecule has 0 bridgehead atoms. The molecule has 21 heavy (non-hydrogen) atoms. The minimum absolute atomic E-state index is 0. The third-order valence-electron chi connectivity index (χ3n) is 2.92. The van der Waals surface area contributed by atoms with Crippen molar-refractivity contribution >= 4 is 29.9 Å². The van der Waals surface area contributed by atoms with E-state index in [1.165, 1.54) is 0 Å². The Hall–Kier alpha value is -1.58. The summed E-state index contributed by atoms with van der Waals surface area (Å²) in [6.07, 6.45) is 2.63. The molecule has 0 amide bonds. The van der Waals surface area contributed by atoms with Crippen LogP contribution in [0.5, 0.6) is 0 Å². The number of nitrogens with zero attached hydrogens (tertiary/aromatic N) is 3. The molecule has 0 aliphatic heterocycles. The van der Waals surface area contributed by atoms with E-state index in [2.05, 4.69) is 44.7 Å². The first-order valence-corrected chi connectivity index (χ1v) is 6.65. The van der Waals surface area contributed by atoms with E-state index in [0.717, 1.165) is 18.2 Å². The van der Waals surface area contributed by atoms with Crippen LogP contribution in [-0.4, -0.2) is 34.2 Å². The van der Waals surface area contributed by atoms with Crippen LogP contribution < -0.4 is 10.6 Å². The number of guanidine groups is 1. The second-order valence-electron chi connectivity index (χ2n) is 4.46. The predicted octanol–water partition coefficient (Wildman–Crippen LogP) is 2.15. The maximum absolute atomic E-state index is 5.25. The molecule has 0 saturated carbocycles. The van der Waals surface area contributed by atoms with Crippen LogP contribution in [0.1, 0.15) is 26.1 Å². The van der Waals surface area contributed by atoms with Crippen molar-refractivity contribution in [3.8, 4) is 11.6 Å². The Morgan fingerprint density at radius 1 is 1.52 bits per heavy atom. The molecule has 1 unspecified atom stereocenters. The normalized spacial score (nSPS) is 12.6. The summed E-state index contributed by atoms with van der Waals surface area (Å²) in [6.45, 7) is 4.75. The molecule has 0 spiro atoms. The van der Waals surface area contributed by atoms with E-state index < -0.39 is 0 Å². The van der Waals surface area contributed by atoms with Crippen molar-refractivity contribution in [2.75, 3.05) is 7.05 Å². The van der Waals surface area contributed by atoms with E-state index in [1.54, 1.807) is 13.3 Å². The van der Waals surface area contributed by atoms with Gasteiger partial charge in [0.05, 0.1) is 12.8 Å². The first-order chi connectivity index (χ1) is 9.72. The Morgan fingerprint density at radius 2 is 2.33 bits per heavy atom. The van der Waals surface area contributed by atoms with Crippen LogP contribution in [0.3, 0.4) is 0 Å². The predicted molar refractivity (Wildman–Crippen MR) is 92.6 cm³/mol. The quantitative estimate of drug-likeness (QED) is 0.404. The molecule has 0 aliphatic rings. The lowest BCUT2D eigenvalue weighted by Gasteiger charge is -2.15. The van der Waals surface area contributed by atoms with Crippen molar-refractivity contribution in [2.45, 2.75) is 32.9 Å². The first kappa shape index (κ1) is 17.5. The number of furan rings is 1. The molecule has 0 saturated heterocycles. The zero-order chi connectivity index (χ0) is 14.4. The summed E-state index contributed by atoms with van der Waals surface area (Å²) in [5, 5.41) is 13.4. The van der Waals surface area contributed by atoms with E-state index in [1.807, 2.05) is 12.1 Å². The van der Waals surface area contributed by atoms with Crippen molar-refractivity contribution in [3.63, 3.8) is 0 Å². The minimum atomic E-state index is 0. The van der Waals surface area contributed by atoms with Crippen molar-refractivity contribution in [1.29, 1.82) is 0 Å². The zero-order valence-electron chi connectivity index (χ0n) is 12.4. The molecule has 2 aromatic rings. The van der Waals surface area contributed by atoms with Gasteiger partial charge in [0.1, 0.15) is 5.82 Å². The van der Waals surface area contributed by atoms with Gasteiger partial charge < -0.3 is 15.1 Å². The van der Waals surface area contributed by atoms with Crippen LogP contribution in [0, 0.1) is 0 Å². The fourth-order valence-corrected chi connectivity index (χ4v) is 1.59. The Labute approximate surface area is 141 Å². The van der Waals surface area contributed by atoms with E-state index >= 15 is 0 Å². The highest BCUT2D eigenvalue weighted by atomic mass is 127. The number of halogens is 1. The van der Waals surface area contributed by atoms with Crippen LogP contribution in [0.15, 0.2) is 27.8 Å². The van der Waals surface area contributed by atoms with E-state index in [4.69, 9.17) is 4.42 Å². The molecule has 2 rings (SSSR count). The molecule has 2 heterocycles. The van der Waals surface area contributed by atoms with E-state index in [0.29, 0.717) is 24.2 Å². The Balaban J connectivity index is 0.00000220. The average Bonchev–Trinajstić information content (AvgIpc) is 3.13. The fourth-order valence-electron chi connectivity index (χ4n) is 1.59. The van der Waals surface area contributed by atoms with Crippen molar-refractivity contribution in [3.05, 3.63) is 24.2 Å². The summed E-state index contributed by atoms with van der Waals surface area (Å²) >= 11 is 0. The van der Waals surface area contributed by atoms with Crippen LogP contribution in [-0.2, 0) is 6.54 Å². The Bertz CT molecular complexity index is 551. The van der Waals surface area contributed by atoms with Gasteiger partial charge in [0.25, 0.3) is 0 Å².